The molecule has 1 heterocycles. The monoisotopic (exact) mass is 243 g/mol. The Balaban J connectivity index is 1.61. The normalized spacial score (nSPS) is 18.0. The van der Waals surface area contributed by atoms with Crippen LogP contribution in [0.1, 0.15) is 44.1 Å². The number of nitrogens with one attached hydrogen (secondary N) is 2. The van der Waals surface area contributed by atoms with Gasteiger partial charge in [-0.25, -0.2) is 0 Å². The molecule has 3 rings (SSSR count). The number of aromatic amines is 1. The first-order valence-corrected chi connectivity index (χ1v) is 7.07. The van der Waals surface area contributed by atoms with Crippen LogP contribution in [0.2, 0.25) is 0 Å². The Morgan fingerprint density at radius 2 is 2.00 bits per heavy atom. The predicted octanol–water partition coefficient (Wildman–Crippen LogP) is 3.38. The molecule has 1 aromatic carbocycles. The molecule has 96 valence electrons. The highest BCUT2D eigenvalue weighted by Crippen LogP contribution is 2.18. The fourth-order valence-electron chi connectivity index (χ4n) is 2.84. The second kappa shape index (κ2) is 5.53. The van der Waals surface area contributed by atoms with Gasteiger partial charge in [-0.15, -0.1) is 0 Å². The van der Waals surface area contributed by atoms with Gasteiger partial charge in [0.1, 0.15) is 0 Å². The highest BCUT2D eigenvalue weighted by molar-refractivity contribution is 5.78. The number of fused-ring (bicyclic) bond motifs is 1. The van der Waals surface area contributed by atoms with Gasteiger partial charge in [-0.1, -0.05) is 37.8 Å². The Bertz CT molecular complexity index is 495. The van der Waals surface area contributed by atoms with Gasteiger partial charge in [0, 0.05) is 18.0 Å². The third-order valence-electron chi connectivity index (χ3n) is 3.96. The van der Waals surface area contributed by atoms with Gasteiger partial charge >= 0.3 is 0 Å². The van der Waals surface area contributed by atoms with Crippen molar-refractivity contribution in [1.29, 1.82) is 0 Å². The van der Waals surface area contributed by atoms with Crippen molar-refractivity contribution < 1.29 is 0 Å². The molecule has 1 aliphatic carbocycles. The quantitative estimate of drug-likeness (QED) is 0.811. The molecule has 2 aromatic rings. The maximum Gasteiger partial charge on any atom is 0.0653 e. The van der Waals surface area contributed by atoms with Crippen molar-refractivity contribution in [1.82, 2.24) is 15.5 Å². The Labute approximate surface area is 108 Å². The number of hydrogen-bond donors (Lipinski definition) is 2. The van der Waals surface area contributed by atoms with Gasteiger partial charge in [-0.05, 0) is 24.5 Å². The molecular weight excluding hydrogens is 222 g/mol. The molecule has 0 atom stereocenters. The third-order valence-corrected chi connectivity index (χ3v) is 3.96. The van der Waals surface area contributed by atoms with E-state index in [1.165, 1.54) is 49.5 Å². The van der Waals surface area contributed by atoms with E-state index < -0.39 is 0 Å². The summed E-state index contributed by atoms with van der Waals surface area (Å²) in [7, 11) is 0. The number of H-pyrrole nitrogens is 1. The van der Waals surface area contributed by atoms with Gasteiger partial charge in [0.2, 0.25) is 0 Å². The van der Waals surface area contributed by atoms with E-state index in [0.717, 1.165) is 12.1 Å². The zero-order valence-corrected chi connectivity index (χ0v) is 10.8. The molecule has 3 heteroatoms. The summed E-state index contributed by atoms with van der Waals surface area (Å²) in [5.74, 6) is 0. The molecule has 0 saturated heterocycles. The Kier molecular flexibility index (Phi) is 3.60. The van der Waals surface area contributed by atoms with Gasteiger partial charge in [0.05, 0.1) is 11.7 Å². The van der Waals surface area contributed by atoms with E-state index in [1.807, 2.05) is 6.20 Å². The van der Waals surface area contributed by atoms with E-state index in [0.29, 0.717) is 6.04 Å². The zero-order valence-electron chi connectivity index (χ0n) is 10.8. The van der Waals surface area contributed by atoms with E-state index >= 15 is 0 Å². The topological polar surface area (TPSA) is 40.7 Å². The number of benzene rings is 1. The van der Waals surface area contributed by atoms with Gasteiger partial charge in [-0.3, -0.25) is 5.10 Å². The Hall–Kier alpha value is -1.35. The molecule has 0 radical (unpaired) electrons. The number of nitrogens with zero attached hydrogens (tertiary/aromatic N) is 1. The lowest BCUT2D eigenvalue weighted by Crippen LogP contribution is -2.27. The molecule has 1 fully saturated rings. The number of rotatable bonds is 3. The molecule has 0 aliphatic heterocycles. The first-order chi connectivity index (χ1) is 8.92. The summed E-state index contributed by atoms with van der Waals surface area (Å²) in [6.45, 7) is 0.972. The molecule has 1 aliphatic rings. The van der Waals surface area contributed by atoms with Gasteiger partial charge in [0.15, 0.2) is 0 Å². The molecule has 3 nitrogen and oxygen atoms in total. The van der Waals surface area contributed by atoms with Crippen LogP contribution in [0.4, 0.5) is 0 Å². The summed E-state index contributed by atoms with van der Waals surface area (Å²) < 4.78 is 0. The fraction of sp³-hybridized carbons (Fsp3) is 0.533. The first kappa shape index (κ1) is 11.7. The minimum absolute atomic E-state index is 0.713. The number of aromatic nitrogens is 2. The molecule has 0 unspecified atom stereocenters. The minimum atomic E-state index is 0.713. The van der Waals surface area contributed by atoms with Gasteiger partial charge in [-0.2, -0.15) is 5.10 Å². The fourth-order valence-corrected chi connectivity index (χ4v) is 2.84. The largest absolute Gasteiger partial charge is 0.310 e. The van der Waals surface area contributed by atoms with Crippen LogP contribution in [0.25, 0.3) is 10.9 Å². The van der Waals surface area contributed by atoms with E-state index in [1.54, 1.807) is 0 Å². The van der Waals surface area contributed by atoms with Crippen molar-refractivity contribution >= 4 is 10.9 Å². The van der Waals surface area contributed by atoms with Crippen LogP contribution in [-0.2, 0) is 6.54 Å². The number of hydrogen-bond acceptors (Lipinski definition) is 2. The van der Waals surface area contributed by atoms with Crippen molar-refractivity contribution in [2.75, 3.05) is 0 Å². The second-order valence-corrected chi connectivity index (χ2v) is 5.36. The van der Waals surface area contributed by atoms with Crippen molar-refractivity contribution in [3.8, 4) is 0 Å². The van der Waals surface area contributed by atoms with Crippen LogP contribution in [0.5, 0.6) is 0 Å². The average molecular weight is 243 g/mol. The molecular formula is C15H21N3. The molecule has 0 bridgehead atoms. The van der Waals surface area contributed by atoms with Crippen molar-refractivity contribution in [3.05, 3.63) is 30.0 Å². The third kappa shape index (κ3) is 2.72. The summed E-state index contributed by atoms with van der Waals surface area (Å²) in [6.07, 6.45) is 10.2. The minimum Gasteiger partial charge on any atom is -0.310 e. The molecule has 18 heavy (non-hydrogen) atoms. The summed E-state index contributed by atoms with van der Waals surface area (Å²) >= 11 is 0. The van der Waals surface area contributed by atoms with Crippen LogP contribution in [0, 0.1) is 0 Å². The zero-order chi connectivity index (χ0) is 12.2. The van der Waals surface area contributed by atoms with Crippen molar-refractivity contribution in [3.63, 3.8) is 0 Å². The van der Waals surface area contributed by atoms with Crippen LogP contribution < -0.4 is 5.32 Å². The summed E-state index contributed by atoms with van der Waals surface area (Å²) in [6, 6.07) is 7.25. The van der Waals surface area contributed by atoms with Crippen LogP contribution in [-0.4, -0.2) is 16.2 Å². The lowest BCUT2D eigenvalue weighted by molar-refractivity contribution is 0.459. The smallest absolute Gasteiger partial charge is 0.0653 e. The molecule has 0 spiro atoms. The maximum absolute atomic E-state index is 4.06. The summed E-state index contributed by atoms with van der Waals surface area (Å²) in [5.41, 5.74) is 2.48. The highest BCUT2D eigenvalue weighted by atomic mass is 15.1. The first-order valence-electron chi connectivity index (χ1n) is 7.07. The summed E-state index contributed by atoms with van der Waals surface area (Å²) in [5, 5.41) is 12.0. The van der Waals surface area contributed by atoms with E-state index in [9.17, 15) is 0 Å². The SMILES string of the molecule is c1cc2cn[nH]c2cc1CNC1CCCCCC1. The van der Waals surface area contributed by atoms with Crippen LogP contribution >= 0.6 is 0 Å². The highest BCUT2D eigenvalue weighted by Gasteiger charge is 2.11. The predicted molar refractivity (Wildman–Crippen MR) is 74.4 cm³/mol. The van der Waals surface area contributed by atoms with Crippen molar-refractivity contribution in [2.24, 2.45) is 0 Å². The molecule has 1 aromatic heterocycles. The Morgan fingerprint density at radius 1 is 1.17 bits per heavy atom. The summed E-state index contributed by atoms with van der Waals surface area (Å²) in [4.78, 5) is 0. The van der Waals surface area contributed by atoms with Gasteiger partial charge in [0.25, 0.3) is 0 Å². The standard InChI is InChI=1S/C15H21N3/c1-2-4-6-14(5-3-1)16-10-12-7-8-13-11-17-18-15(13)9-12/h7-9,11,14,16H,1-6,10H2,(H,17,18). The van der Waals surface area contributed by atoms with Crippen LogP contribution in [0.15, 0.2) is 24.4 Å². The van der Waals surface area contributed by atoms with E-state index in [2.05, 4.69) is 33.7 Å². The molecule has 1 saturated carbocycles. The lowest BCUT2D eigenvalue weighted by atomic mass is 10.1. The van der Waals surface area contributed by atoms with E-state index in [-0.39, 0.29) is 0 Å². The lowest BCUT2D eigenvalue weighted by Gasteiger charge is -2.16. The Morgan fingerprint density at radius 3 is 2.83 bits per heavy atom. The maximum atomic E-state index is 4.06. The molecule has 2 N–H and O–H groups in total. The van der Waals surface area contributed by atoms with Gasteiger partial charge < -0.3 is 5.32 Å². The van der Waals surface area contributed by atoms with Crippen LogP contribution in [0.3, 0.4) is 0 Å². The average Bonchev–Trinajstić information content (AvgIpc) is 2.70. The van der Waals surface area contributed by atoms with E-state index in [4.69, 9.17) is 0 Å². The molecule has 0 amide bonds. The van der Waals surface area contributed by atoms with Crippen molar-refractivity contribution in [2.45, 2.75) is 51.1 Å². The second-order valence-electron chi connectivity index (χ2n) is 5.36.